The number of nitrogens with one attached hydrogen (secondary N) is 2. The first-order chi connectivity index (χ1) is 17.1. The van der Waals surface area contributed by atoms with Crippen molar-refractivity contribution < 1.29 is 4.79 Å². The molecule has 1 unspecified atom stereocenters. The SMILES string of the molecule is CC1NCCCC(=O)CN2CCN(CC2)Cc2cccc(c2)Nc2cc(ccn2)-c2cnc1nc2. The Morgan fingerprint density at radius 1 is 0.914 bits per heavy atom. The molecule has 8 rings (SSSR count). The molecule has 182 valence electrons. The largest absolute Gasteiger partial charge is 0.340 e. The van der Waals surface area contributed by atoms with Crippen molar-refractivity contribution in [2.75, 3.05) is 44.6 Å². The highest BCUT2D eigenvalue weighted by molar-refractivity contribution is 5.80. The minimum absolute atomic E-state index is 0.0239. The smallest absolute Gasteiger partial charge is 0.146 e. The molecule has 0 spiro atoms. The Hall–Kier alpha value is -3.20. The summed E-state index contributed by atoms with van der Waals surface area (Å²) >= 11 is 0. The lowest BCUT2D eigenvalue weighted by atomic mass is 10.1. The summed E-state index contributed by atoms with van der Waals surface area (Å²) in [6.45, 7) is 8.10. The van der Waals surface area contributed by atoms with Crippen LogP contribution in [0.1, 0.15) is 37.2 Å². The van der Waals surface area contributed by atoms with E-state index < -0.39 is 0 Å². The van der Waals surface area contributed by atoms with E-state index in [1.165, 1.54) is 5.56 Å². The number of aromatic nitrogens is 3. The van der Waals surface area contributed by atoms with Crippen LogP contribution in [0.5, 0.6) is 0 Å². The fraction of sp³-hybridized carbons (Fsp3) is 0.407. The van der Waals surface area contributed by atoms with E-state index >= 15 is 0 Å². The van der Waals surface area contributed by atoms with Crippen molar-refractivity contribution in [2.24, 2.45) is 0 Å². The topological polar surface area (TPSA) is 86.3 Å². The van der Waals surface area contributed by atoms with Crippen LogP contribution in [0.2, 0.25) is 0 Å². The van der Waals surface area contributed by atoms with Crippen molar-refractivity contribution in [1.82, 2.24) is 30.1 Å². The van der Waals surface area contributed by atoms with Gasteiger partial charge in [0, 0.05) is 69.0 Å². The average molecular weight is 472 g/mol. The first-order valence-corrected chi connectivity index (χ1v) is 12.5. The molecule has 2 aromatic heterocycles. The zero-order valence-corrected chi connectivity index (χ0v) is 20.3. The molecular formula is C27H33N7O. The molecule has 1 saturated heterocycles. The Bertz CT molecular complexity index is 1140. The van der Waals surface area contributed by atoms with Gasteiger partial charge in [0.25, 0.3) is 0 Å². The molecule has 5 aliphatic rings. The maximum Gasteiger partial charge on any atom is 0.146 e. The predicted octanol–water partition coefficient (Wildman–Crippen LogP) is 3.41. The van der Waals surface area contributed by atoms with Crippen molar-refractivity contribution in [3.63, 3.8) is 0 Å². The molecular weight excluding hydrogens is 438 g/mol. The van der Waals surface area contributed by atoms with E-state index in [0.717, 1.165) is 74.1 Å². The van der Waals surface area contributed by atoms with Crippen molar-refractivity contribution in [3.8, 4) is 11.1 Å². The van der Waals surface area contributed by atoms with E-state index in [1.807, 2.05) is 30.7 Å². The van der Waals surface area contributed by atoms with Gasteiger partial charge in [-0.25, -0.2) is 15.0 Å². The molecule has 7 heterocycles. The van der Waals surface area contributed by atoms with E-state index in [-0.39, 0.29) is 6.04 Å². The summed E-state index contributed by atoms with van der Waals surface area (Å²) in [5.74, 6) is 1.86. The molecule has 1 fully saturated rings. The van der Waals surface area contributed by atoms with E-state index in [9.17, 15) is 4.79 Å². The van der Waals surface area contributed by atoms with Gasteiger partial charge in [-0.3, -0.25) is 14.6 Å². The summed E-state index contributed by atoms with van der Waals surface area (Å²) in [7, 11) is 0. The average Bonchev–Trinajstić information content (AvgIpc) is 2.88. The Labute approximate surface area is 206 Å². The molecule has 1 atom stereocenters. The molecule has 5 aliphatic heterocycles. The number of anilines is 2. The number of pyridine rings is 1. The Morgan fingerprint density at radius 2 is 1.69 bits per heavy atom. The van der Waals surface area contributed by atoms with Crippen molar-refractivity contribution >= 4 is 17.3 Å². The third-order valence-corrected chi connectivity index (χ3v) is 6.71. The number of piperazine rings is 1. The second-order valence-corrected chi connectivity index (χ2v) is 9.46. The van der Waals surface area contributed by atoms with E-state index in [1.54, 1.807) is 0 Å². The van der Waals surface area contributed by atoms with Gasteiger partial charge < -0.3 is 10.6 Å². The van der Waals surface area contributed by atoms with Gasteiger partial charge in [0.2, 0.25) is 0 Å². The summed E-state index contributed by atoms with van der Waals surface area (Å²) in [6, 6.07) is 12.5. The highest BCUT2D eigenvalue weighted by Gasteiger charge is 2.19. The molecule has 8 nitrogen and oxygen atoms in total. The number of rotatable bonds is 0. The Balaban J connectivity index is 1.37. The lowest BCUT2D eigenvalue weighted by Gasteiger charge is -2.34. The second-order valence-electron chi connectivity index (χ2n) is 9.46. The maximum absolute atomic E-state index is 12.5. The number of carbonyl (C=O) groups excluding carboxylic acids is 1. The van der Waals surface area contributed by atoms with E-state index in [0.29, 0.717) is 18.7 Å². The normalized spacial score (nSPS) is 23.6. The van der Waals surface area contributed by atoms with Crippen LogP contribution >= 0.6 is 0 Å². The predicted molar refractivity (Wildman–Crippen MR) is 137 cm³/mol. The van der Waals surface area contributed by atoms with Crippen LogP contribution in [-0.4, -0.2) is 69.8 Å². The molecule has 0 aliphatic carbocycles. The zero-order valence-electron chi connectivity index (χ0n) is 20.3. The van der Waals surface area contributed by atoms with Gasteiger partial charge in [-0.05, 0) is 55.3 Å². The van der Waals surface area contributed by atoms with Gasteiger partial charge in [0.15, 0.2) is 0 Å². The first-order valence-electron chi connectivity index (χ1n) is 12.5. The third kappa shape index (κ3) is 6.28. The number of hydrogen-bond acceptors (Lipinski definition) is 8. The molecule has 0 saturated carbocycles. The number of carbonyl (C=O) groups is 1. The Morgan fingerprint density at radius 3 is 2.49 bits per heavy atom. The van der Waals surface area contributed by atoms with Crippen molar-refractivity contribution in [3.05, 3.63) is 66.4 Å². The Kier molecular flexibility index (Phi) is 7.42. The second kappa shape index (κ2) is 11.0. The van der Waals surface area contributed by atoms with Crippen LogP contribution in [0.15, 0.2) is 55.0 Å². The highest BCUT2D eigenvalue weighted by atomic mass is 16.1. The van der Waals surface area contributed by atoms with E-state index in [4.69, 9.17) is 0 Å². The van der Waals surface area contributed by atoms with Crippen LogP contribution in [-0.2, 0) is 11.3 Å². The maximum atomic E-state index is 12.5. The molecule has 1 aromatic carbocycles. The fourth-order valence-electron chi connectivity index (χ4n) is 4.67. The van der Waals surface area contributed by atoms with Gasteiger partial charge in [0.05, 0.1) is 12.6 Å². The molecule has 8 bridgehead atoms. The number of Topliss-reactive ketones (excluding diaryl/α,β-unsaturated/α-hetero) is 1. The number of hydrogen-bond donors (Lipinski definition) is 2. The molecule has 8 heteroatoms. The summed E-state index contributed by atoms with van der Waals surface area (Å²) in [4.78, 5) is 30.9. The molecule has 0 amide bonds. The summed E-state index contributed by atoms with van der Waals surface area (Å²) in [6.07, 6.45) is 6.95. The molecule has 35 heavy (non-hydrogen) atoms. The van der Waals surface area contributed by atoms with Crippen LogP contribution in [0.4, 0.5) is 11.5 Å². The standard InChI is InChI=1S/C27H33N7O/c1-20-27-30-16-23(17-31-27)22-7-9-29-26(15-22)32-24-5-2-4-21(14-24)18-33-10-12-34(13-11-33)19-25(35)6-3-8-28-20/h2,4-5,7,9,14-17,20,28H,3,6,8,10-13,18-19H2,1H3,(H,29,32). The number of ketones is 1. The van der Waals surface area contributed by atoms with E-state index in [2.05, 4.69) is 66.6 Å². The van der Waals surface area contributed by atoms with Gasteiger partial charge in [-0.2, -0.15) is 0 Å². The van der Waals surface area contributed by atoms with Gasteiger partial charge in [-0.1, -0.05) is 12.1 Å². The summed E-state index contributed by atoms with van der Waals surface area (Å²) in [5, 5.41) is 6.90. The van der Waals surface area contributed by atoms with Crippen molar-refractivity contribution in [2.45, 2.75) is 32.4 Å². The quantitative estimate of drug-likeness (QED) is 0.516. The van der Waals surface area contributed by atoms with Gasteiger partial charge >= 0.3 is 0 Å². The van der Waals surface area contributed by atoms with Crippen molar-refractivity contribution in [1.29, 1.82) is 0 Å². The van der Waals surface area contributed by atoms with Crippen LogP contribution in [0.3, 0.4) is 0 Å². The molecule has 2 N–H and O–H groups in total. The van der Waals surface area contributed by atoms with Gasteiger partial charge in [0.1, 0.15) is 17.4 Å². The van der Waals surface area contributed by atoms with Gasteiger partial charge in [-0.15, -0.1) is 0 Å². The number of benzene rings is 1. The minimum Gasteiger partial charge on any atom is -0.340 e. The summed E-state index contributed by atoms with van der Waals surface area (Å²) < 4.78 is 0. The minimum atomic E-state index is 0.0239. The monoisotopic (exact) mass is 471 g/mol. The van der Waals surface area contributed by atoms with Crippen LogP contribution < -0.4 is 10.6 Å². The lowest BCUT2D eigenvalue weighted by Crippen LogP contribution is -2.47. The zero-order chi connectivity index (χ0) is 24.0. The number of nitrogens with zero attached hydrogens (tertiary/aromatic N) is 5. The highest BCUT2D eigenvalue weighted by Crippen LogP contribution is 2.23. The third-order valence-electron chi connectivity index (χ3n) is 6.71. The fourth-order valence-corrected chi connectivity index (χ4v) is 4.67. The summed E-state index contributed by atoms with van der Waals surface area (Å²) in [5.41, 5.74) is 4.24. The first kappa shape index (κ1) is 23.5. The molecule has 0 radical (unpaired) electrons. The lowest BCUT2D eigenvalue weighted by molar-refractivity contribution is -0.120. The van der Waals surface area contributed by atoms with Crippen LogP contribution in [0, 0.1) is 0 Å². The van der Waals surface area contributed by atoms with Crippen LogP contribution in [0.25, 0.3) is 11.1 Å². The molecule has 3 aromatic rings.